The van der Waals surface area contributed by atoms with Gasteiger partial charge in [-0.2, -0.15) is 5.10 Å². The topological polar surface area (TPSA) is 115 Å². The van der Waals surface area contributed by atoms with Crippen LogP contribution >= 0.6 is 27.5 Å². The minimum absolute atomic E-state index is 0.0439. The number of fused-ring (bicyclic) bond motifs is 4. The van der Waals surface area contributed by atoms with Crippen LogP contribution in [0.15, 0.2) is 70.2 Å². The van der Waals surface area contributed by atoms with Gasteiger partial charge in [0.25, 0.3) is 11.6 Å². The number of nitro groups is 1. The molecule has 0 unspecified atom stereocenters. The average Bonchev–Trinajstić information content (AvgIpc) is 3.12. The maximum Gasteiger partial charge on any atom is 0.270 e. The van der Waals surface area contributed by atoms with Gasteiger partial charge in [0.05, 0.1) is 27.2 Å². The second-order valence-corrected chi connectivity index (χ2v) is 9.08. The summed E-state index contributed by atoms with van der Waals surface area (Å²) in [6.07, 6.45) is 0. The Morgan fingerprint density at radius 2 is 1.89 bits per heavy atom. The molecular formula is C24H16BrClN6O3. The highest BCUT2D eigenvalue weighted by atomic mass is 79.9. The summed E-state index contributed by atoms with van der Waals surface area (Å²) in [5.41, 5.74) is 7.08. The number of nitrogens with zero attached hydrogens (tertiary/aromatic N) is 5. The van der Waals surface area contributed by atoms with Crippen molar-refractivity contribution in [3.8, 4) is 0 Å². The lowest BCUT2D eigenvalue weighted by atomic mass is 10.1. The third-order valence-electron chi connectivity index (χ3n) is 5.52. The molecule has 0 aliphatic carbocycles. The number of rotatable bonds is 5. The third-order valence-corrected chi connectivity index (χ3v) is 6.41. The molecule has 0 atom stereocenters. The van der Waals surface area contributed by atoms with Crippen LogP contribution in [0.4, 0.5) is 5.69 Å². The molecule has 2 heterocycles. The lowest BCUT2D eigenvalue weighted by Crippen LogP contribution is -2.24. The van der Waals surface area contributed by atoms with Crippen LogP contribution in [0.5, 0.6) is 0 Å². The van der Waals surface area contributed by atoms with E-state index in [2.05, 4.69) is 26.5 Å². The standard InChI is InChI=1S/C24H16BrClN6O3/c1-13(16-8-7-15(32(34)35)11-18(16)25)29-30-22(33)12-31-21-9-6-14(26)10-17(21)23-24(31)28-20-5-3-2-4-19(20)27-23/h2-11H,12H2,1H3,(H,30,33)/b29-13+. The highest BCUT2D eigenvalue weighted by Crippen LogP contribution is 2.30. The number of hydrogen-bond donors (Lipinski definition) is 1. The van der Waals surface area contributed by atoms with Gasteiger partial charge in [-0.3, -0.25) is 14.9 Å². The van der Waals surface area contributed by atoms with Crippen molar-refractivity contribution in [1.82, 2.24) is 20.0 Å². The summed E-state index contributed by atoms with van der Waals surface area (Å²) in [7, 11) is 0. The number of benzene rings is 3. The maximum atomic E-state index is 12.9. The number of para-hydroxylation sites is 2. The highest BCUT2D eigenvalue weighted by molar-refractivity contribution is 9.10. The van der Waals surface area contributed by atoms with Gasteiger partial charge in [0.1, 0.15) is 12.1 Å². The number of carbonyl (C=O) groups is 1. The molecule has 2 aromatic heterocycles. The molecule has 1 amide bonds. The number of halogens is 2. The molecule has 3 aromatic carbocycles. The molecule has 5 rings (SSSR count). The molecule has 0 fully saturated rings. The SMILES string of the molecule is C/C(=N\NC(=O)Cn1c2ccc(Cl)cc2c2nc3ccccc3nc21)c1ccc([N+](=O)[O-])cc1Br. The summed E-state index contributed by atoms with van der Waals surface area (Å²) < 4.78 is 2.28. The van der Waals surface area contributed by atoms with Gasteiger partial charge in [-0.25, -0.2) is 15.4 Å². The fraction of sp³-hybridized carbons (Fsp3) is 0.0833. The first-order valence-corrected chi connectivity index (χ1v) is 11.6. The molecule has 0 bridgehead atoms. The van der Waals surface area contributed by atoms with Gasteiger partial charge in [-0.15, -0.1) is 0 Å². The number of non-ortho nitro benzene ring substituents is 1. The van der Waals surface area contributed by atoms with Gasteiger partial charge in [-0.1, -0.05) is 23.7 Å². The smallest absolute Gasteiger partial charge is 0.270 e. The summed E-state index contributed by atoms with van der Waals surface area (Å²) >= 11 is 9.56. The lowest BCUT2D eigenvalue weighted by Gasteiger charge is -2.08. The van der Waals surface area contributed by atoms with Crippen molar-refractivity contribution in [2.45, 2.75) is 13.5 Å². The zero-order chi connectivity index (χ0) is 24.7. The number of hydrogen-bond acceptors (Lipinski definition) is 6. The molecule has 11 heteroatoms. The Hall–Kier alpha value is -3.89. The fourth-order valence-corrected chi connectivity index (χ4v) is 4.69. The van der Waals surface area contributed by atoms with E-state index in [1.165, 1.54) is 12.1 Å². The van der Waals surface area contributed by atoms with Crippen LogP contribution in [0.25, 0.3) is 33.1 Å². The van der Waals surface area contributed by atoms with Gasteiger partial charge in [0.2, 0.25) is 0 Å². The van der Waals surface area contributed by atoms with E-state index in [0.717, 1.165) is 16.4 Å². The first kappa shape index (κ1) is 22.9. The predicted octanol–water partition coefficient (Wildman–Crippen LogP) is 5.60. The molecule has 0 saturated carbocycles. The summed E-state index contributed by atoms with van der Waals surface area (Å²) in [6.45, 7) is 1.65. The number of carbonyl (C=O) groups excluding carboxylic acids is 1. The number of nitro benzene ring substituents is 1. The van der Waals surface area contributed by atoms with E-state index in [-0.39, 0.29) is 18.1 Å². The van der Waals surface area contributed by atoms with Crippen molar-refractivity contribution in [3.05, 3.63) is 85.8 Å². The number of hydrazone groups is 1. The summed E-state index contributed by atoms with van der Waals surface area (Å²) in [5, 5.41) is 16.5. The number of amides is 1. The summed E-state index contributed by atoms with van der Waals surface area (Å²) in [4.78, 5) is 32.9. The van der Waals surface area contributed by atoms with Crippen molar-refractivity contribution in [2.75, 3.05) is 0 Å². The first-order chi connectivity index (χ1) is 16.8. The van der Waals surface area contributed by atoms with Crippen LogP contribution in [-0.4, -0.2) is 31.1 Å². The van der Waals surface area contributed by atoms with Gasteiger partial charge < -0.3 is 4.57 Å². The van der Waals surface area contributed by atoms with Crippen molar-refractivity contribution in [3.63, 3.8) is 0 Å². The van der Waals surface area contributed by atoms with Crippen molar-refractivity contribution < 1.29 is 9.72 Å². The van der Waals surface area contributed by atoms with E-state index in [1.54, 1.807) is 23.6 Å². The average molecular weight is 552 g/mol. The van der Waals surface area contributed by atoms with E-state index in [1.807, 2.05) is 36.4 Å². The minimum atomic E-state index is -0.478. The van der Waals surface area contributed by atoms with Crippen LogP contribution in [0.2, 0.25) is 5.02 Å². The minimum Gasteiger partial charge on any atom is -0.314 e. The number of nitrogens with one attached hydrogen (secondary N) is 1. The molecule has 0 aliphatic heterocycles. The quantitative estimate of drug-likeness (QED) is 0.173. The molecule has 1 N–H and O–H groups in total. The van der Waals surface area contributed by atoms with E-state index in [9.17, 15) is 14.9 Å². The third kappa shape index (κ3) is 4.33. The van der Waals surface area contributed by atoms with E-state index >= 15 is 0 Å². The van der Waals surface area contributed by atoms with E-state index in [4.69, 9.17) is 21.6 Å². The fourth-order valence-electron chi connectivity index (χ4n) is 3.86. The van der Waals surface area contributed by atoms with Crippen LogP contribution in [0.1, 0.15) is 12.5 Å². The molecular weight excluding hydrogens is 536 g/mol. The largest absolute Gasteiger partial charge is 0.314 e. The second kappa shape index (κ2) is 9.05. The van der Waals surface area contributed by atoms with Crippen LogP contribution in [-0.2, 0) is 11.3 Å². The Balaban J connectivity index is 1.48. The summed E-state index contributed by atoms with van der Waals surface area (Å²) in [6, 6.07) is 17.3. The van der Waals surface area contributed by atoms with E-state index in [0.29, 0.717) is 37.5 Å². The number of aromatic nitrogens is 3. The van der Waals surface area contributed by atoms with Gasteiger partial charge >= 0.3 is 0 Å². The van der Waals surface area contributed by atoms with Crippen molar-refractivity contribution >= 4 is 77.9 Å². The maximum absolute atomic E-state index is 12.9. The Bertz CT molecular complexity index is 1700. The molecule has 0 saturated heterocycles. The zero-order valence-electron chi connectivity index (χ0n) is 18.2. The molecule has 0 spiro atoms. The van der Waals surface area contributed by atoms with Crippen molar-refractivity contribution in [1.29, 1.82) is 0 Å². The van der Waals surface area contributed by atoms with Crippen LogP contribution < -0.4 is 5.43 Å². The van der Waals surface area contributed by atoms with Crippen LogP contribution in [0.3, 0.4) is 0 Å². The normalized spacial score (nSPS) is 11.9. The van der Waals surface area contributed by atoms with Gasteiger partial charge in [0, 0.05) is 32.6 Å². The summed E-state index contributed by atoms with van der Waals surface area (Å²) in [5.74, 6) is -0.369. The van der Waals surface area contributed by atoms with Crippen molar-refractivity contribution in [2.24, 2.45) is 5.10 Å². The Kier molecular flexibility index (Phi) is 5.91. The van der Waals surface area contributed by atoms with Crippen LogP contribution in [0, 0.1) is 10.1 Å². The van der Waals surface area contributed by atoms with Gasteiger partial charge in [0.15, 0.2) is 5.65 Å². The Morgan fingerprint density at radius 3 is 2.60 bits per heavy atom. The Morgan fingerprint density at radius 1 is 1.14 bits per heavy atom. The molecule has 0 radical (unpaired) electrons. The molecule has 9 nitrogen and oxygen atoms in total. The zero-order valence-corrected chi connectivity index (χ0v) is 20.5. The van der Waals surface area contributed by atoms with E-state index < -0.39 is 4.92 Å². The monoisotopic (exact) mass is 550 g/mol. The van der Waals surface area contributed by atoms with Gasteiger partial charge in [-0.05, 0) is 59.3 Å². The highest BCUT2D eigenvalue weighted by Gasteiger charge is 2.17. The molecule has 5 aromatic rings. The Labute approximate surface area is 211 Å². The lowest BCUT2D eigenvalue weighted by molar-refractivity contribution is -0.384. The molecule has 0 aliphatic rings. The molecule has 35 heavy (non-hydrogen) atoms. The molecule has 174 valence electrons. The first-order valence-electron chi connectivity index (χ1n) is 10.4. The second-order valence-electron chi connectivity index (χ2n) is 7.79. The predicted molar refractivity (Wildman–Crippen MR) is 139 cm³/mol.